The standard InChI is InChI=1S/C16H18N2O3/c1-10(19)14-9-17-15-8-11(6-7-13(14)15)18-16(20)21-12-4-2-3-5-12/h6-9,12,17H,2-5H2,1H3,(H,18,20). The summed E-state index contributed by atoms with van der Waals surface area (Å²) in [4.78, 5) is 26.3. The van der Waals surface area contributed by atoms with E-state index in [2.05, 4.69) is 10.3 Å². The summed E-state index contributed by atoms with van der Waals surface area (Å²) in [7, 11) is 0. The van der Waals surface area contributed by atoms with Gasteiger partial charge in [0.05, 0.1) is 0 Å². The normalized spacial score (nSPS) is 15.3. The summed E-state index contributed by atoms with van der Waals surface area (Å²) in [6, 6.07) is 5.41. The zero-order chi connectivity index (χ0) is 14.8. The fraction of sp³-hybridized carbons (Fsp3) is 0.375. The predicted octanol–water partition coefficient (Wildman–Crippen LogP) is 3.86. The average Bonchev–Trinajstić information content (AvgIpc) is 3.06. The number of anilines is 1. The van der Waals surface area contributed by atoms with Crippen LogP contribution >= 0.6 is 0 Å². The predicted molar refractivity (Wildman–Crippen MR) is 80.7 cm³/mol. The van der Waals surface area contributed by atoms with Gasteiger partial charge < -0.3 is 9.72 Å². The molecular formula is C16H18N2O3. The lowest BCUT2D eigenvalue weighted by molar-refractivity contribution is 0.101. The Bertz CT molecular complexity index is 684. The molecule has 0 aliphatic heterocycles. The summed E-state index contributed by atoms with van der Waals surface area (Å²) in [6.07, 6.45) is 5.47. The van der Waals surface area contributed by atoms with Crippen LogP contribution in [0.5, 0.6) is 0 Å². The lowest BCUT2D eigenvalue weighted by atomic mass is 10.1. The Balaban J connectivity index is 1.72. The lowest BCUT2D eigenvalue weighted by Crippen LogP contribution is -2.20. The molecule has 1 amide bonds. The zero-order valence-electron chi connectivity index (χ0n) is 11.9. The smallest absolute Gasteiger partial charge is 0.411 e. The van der Waals surface area contributed by atoms with Crippen LogP contribution in [0, 0.1) is 0 Å². The van der Waals surface area contributed by atoms with Crippen LogP contribution in [-0.2, 0) is 4.74 Å². The van der Waals surface area contributed by atoms with Gasteiger partial charge in [0, 0.05) is 28.4 Å². The molecule has 0 unspecified atom stereocenters. The van der Waals surface area contributed by atoms with Crippen LogP contribution in [0.2, 0.25) is 0 Å². The minimum atomic E-state index is -0.417. The summed E-state index contributed by atoms with van der Waals surface area (Å²) >= 11 is 0. The number of H-pyrrole nitrogens is 1. The van der Waals surface area contributed by atoms with Gasteiger partial charge in [-0.05, 0) is 44.7 Å². The summed E-state index contributed by atoms with van der Waals surface area (Å²) in [5, 5.41) is 3.59. The number of Topliss-reactive ketones (excluding diaryl/α,β-unsaturated/α-hetero) is 1. The molecule has 0 radical (unpaired) electrons. The molecule has 1 fully saturated rings. The van der Waals surface area contributed by atoms with Crippen molar-refractivity contribution in [3.63, 3.8) is 0 Å². The molecule has 5 heteroatoms. The minimum Gasteiger partial charge on any atom is -0.446 e. The van der Waals surface area contributed by atoms with E-state index in [1.54, 1.807) is 18.3 Å². The SMILES string of the molecule is CC(=O)c1c[nH]c2cc(NC(=O)OC3CCCC3)ccc12. The van der Waals surface area contributed by atoms with Crippen LogP contribution < -0.4 is 5.32 Å². The van der Waals surface area contributed by atoms with Crippen molar-refractivity contribution >= 4 is 28.5 Å². The van der Waals surface area contributed by atoms with Crippen molar-refractivity contribution in [1.29, 1.82) is 0 Å². The maximum atomic E-state index is 11.8. The number of nitrogens with one attached hydrogen (secondary N) is 2. The summed E-state index contributed by atoms with van der Waals surface area (Å²) in [5.41, 5.74) is 2.13. The molecular weight excluding hydrogens is 268 g/mol. The number of fused-ring (bicyclic) bond motifs is 1. The highest BCUT2D eigenvalue weighted by Gasteiger charge is 2.19. The lowest BCUT2D eigenvalue weighted by Gasteiger charge is -2.12. The number of hydrogen-bond acceptors (Lipinski definition) is 3. The summed E-state index contributed by atoms with van der Waals surface area (Å²) in [6.45, 7) is 1.54. The summed E-state index contributed by atoms with van der Waals surface area (Å²) in [5.74, 6) is 0.0163. The number of rotatable bonds is 3. The van der Waals surface area contributed by atoms with Gasteiger partial charge in [-0.3, -0.25) is 10.1 Å². The Labute approximate surface area is 122 Å². The van der Waals surface area contributed by atoms with E-state index in [0.29, 0.717) is 11.3 Å². The van der Waals surface area contributed by atoms with Crippen molar-refractivity contribution in [3.05, 3.63) is 30.0 Å². The molecule has 1 heterocycles. The van der Waals surface area contributed by atoms with Crippen LogP contribution in [0.25, 0.3) is 10.9 Å². The number of aromatic nitrogens is 1. The molecule has 0 atom stereocenters. The van der Waals surface area contributed by atoms with E-state index in [9.17, 15) is 9.59 Å². The van der Waals surface area contributed by atoms with Crippen LogP contribution in [0.15, 0.2) is 24.4 Å². The van der Waals surface area contributed by atoms with Crippen molar-refractivity contribution < 1.29 is 14.3 Å². The van der Waals surface area contributed by atoms with Gasteiger partial charge >= 0.3 is 6.09 Å². The first-order valence-electron chi connectivity index (χ1n) is 7.23. The number of aromatic amines is 1. The molecule has 2 N–H and O–H groups in total. The topological polar surface area (TPSA) is 71.2 Å². The quantitative estimate of drug-likeness (QED) is 0.841. The van der Waals surface area contributed by atoms with Crippen LogP contribution in [0.1, 0.15) is 43.0 Å². The Morgan fingerprint density at radius 1 is 1.29 bits per heavy atom. The second-order valence-corrected chi connectivity index (χ2v) is 5.46. The van der Waals surface area contributed by atoms with Gasteiger partial charge in [0.25, 0.3) is 0 Å². The van der Waals surface area contributed by atoms with Crippen molar-refractivity contribution in [2.24, 2.45) is 0 Å². The second kappa shape index (κ2) is 5.60. The van der Waals surface area contributed by atoms with E-state index in [0.717, 1.165) is 36.6 Å². The molecule has 0 saturated heterocycles. The molecule has 3 rings (SSSR count). The fourth-order valence-corrected chi connectivity index (χ4v) is 2.80. The first kappa shape index (κ1) is 13.7. The van der Waals surface area contributed by atoms with E-state index in [1.165, 1.54) is 6.92 Å². The number of carbonyl (C=O) groups excluding carboxylic acids is 2. The van der Waals surface area contributed by atoms with Gasteiger partial charge in [-0.1, -0.05) is 6.07 Å². The number of amides is 1. The third-order valence-electron chi connectivity index (χ3n) is 3.88. The molecule has 1 aliphatic carbocycles. The molecule has 0 bridgehead atoms. The van der Waals surface area contributed by atoms with E-state index < -0.39 is 6.09 Å². The van der Waals surface area contributed by atoms with Gasteiger partial charge in [0.15, 0.2) is 5.78 Å². The molecule has 5 nitrogen and oxygen atoms in total. The highest BCUT2D eigenvalue weighted by Crippen LogP contribution is 2.24. The molecule has 110 valence electrons. The van der Waals surface area contributed by atoms with E-state index in [4.69, 9.17) is 4.74 Å². The molecule has 1 saturated carbocycles. The molecule has 0 spiro atoms. The number of hydrogen-bond donors (Lipinski definition) is 2. The maximum absolute atomic E-state index is 11.8. The van der Waals surface area contributed by atoms with E-state index in [1.807, 2.05) is 6.07 Å². The molecule has 1 aromatic heterocycles. The van der Waals surface area contributed by atoms with Gasteiger partial charge in [0.2, 0.25) is 0 Å². The first-order chi connectivity index (χ1) is 10.1. The van der Waals surface area contributed by atoms with Gasteiger partial charge in [-0.2, -0.15) is 0 Å². The summed E-state index contributed by atoms with van der Waals surface area (Å²) < 4.78 is 5.36. The zero-order valence-corrected chi connectivity index (χ0v) is 11.9. The Kier molecular flexibility index (Phi) is 3.64. The van der Waals surface area contributed by atoms with Gasteiger partial charge in [-0.15, -0.1) is 0 Å². The number of carbonyl (C=O) groups is 2. The Morgan fingerprint density at radius 2 is 2.05 bits per heavy atom. The average molecular weight is 286 g/mol. The minimum absolute atomic E-state index is 0.0163. The molecule has 2 aromatic rings. The highest BCUT2D eigenvalue weighted by atomic mass is 16.6. The maximum Gasteiger partial charge on any atom is 0.411 e. The van der Waals surface area contributed by atoms with Gasteiger partial charge in [-0.25, -0.2) is 4.79 Å². The second-order valence-electron chi connectivity index (χ2n) is 5.46. The van der Waals surface area contributed by atoms with Crippen molar-refractivity contribution in [3.8, 4) is 0 Å². The largest absolute Gasteiger partial charge is 0.446 e. The van der Waals surface area contributed by atoms with Crippen molar-refractivity contribution in [2.75, 3.05) is 5.32 Å². The number of benzene rings is 1. The Morgan fingerprint density at radius 3 is 2.76 bits per heavy atom. The van der Waals surface area contributed by atoms with E-state index >= 15 is 0 Å². The number of ether oxygens (including phenoxy) is 1. The van der Waals surface area contributed by atoms with Crippen molar-refractivity contribution in [2.45, 2.75) is 38.7 Å². The van der Waals surface area contributed by atoms with Crippen LogP contribution in [0.4, 0.5) is 10.5 Å². The first-order valence-corrected chi connectivity index (χ1v) is 7.23. The number of ketones is 1. The highest BCUT2D eigenvalue weighted by molar-refractivity contribution is 6.07. The van der Waals surface area contributed by atoms with Crippen LogP contribution in [-0.4, -0.2) is 23.0 Å². The molecule has 21 heavy (non-hydrogen) atoms. The monoisotopic (exact) mass is 286 g/mol. The molecule has 1 aliphatic rings. The third kappa shape index (κ3) is 2.91. The fourth-order valence-electron chi connectivity index (χ4n) is 2.80. The molecule has 1 aromatic carbocycles. The third-order valence-corrected chi connectivity index (χ3v) is 3.88. The van der Waals surface area contributed by atoms with Crippen molar-refractivity contribution in [1.82, 2.24) is 4.98 Å². The Hall–Kier alpha value is -2.30. The van der Waals surface area contributed by atoms with Crippen LogP contribution in [0.3, 0.4) is 0 Å². The van der Waals surface area contributed by atoms with Gasteiger partial charge in [0.1, 0.15) is 6.10 Å². The van der Waals surface area contributed by atoms with E-state index in [-0.39, 0.29) is 11.9 Å².